The number of rotatable bonds is 5. The summed E-state index contributed by atoms with van der Waals surface area (Å²) in [6, 6.07) is 10.3. The van der Waals surface area contributed by atoms with Gasteiger partial charge in [-0.05, 0) is 61.2 Å². The lowest BCUT2D eigenvalue weighted by Gasteiger charge is -2.54. The number of hydrogen-bond acceptors (Lipinski definition) is 4. The van der Waals surface area contributed by atoms with Crippen molar-refractivity contribution >= 4 is 40.2 Å². The fraction of sp³-hybridized carbons (Fsp3) is 0.452. The van der Waals surface area contributed by atoms with E-state index < -0.39 is 35.0 Å². The van der Waals surface area contributed by atoms with Gasteiger partial charge >= 0.3 is 6.18 Å². The molecule has 3 aliphatic rings. The molecule has 8 nitrogen and oxygen atoms in total. The van der Waals surface area contributed by atoms with Crippen LogP contribution in [0.4, 0.5) is 13.2 Å². The van der Waals surface area contributed by atoms with Crippen LogP contribution >= 0.6 is 11.6 Å². The summed E-state index contributed by atoms with van der Waals surface area (Å²) in [6.45, 7) is 3.92. The van der Waals surface area contributed by atoms with E-state index in [-0.39, 0.29) is 31.2 Å². The first-order valence-corrected chi connectivity index (χ1v) is 14.8. The predicted molar refractivity (Wildman–Crippen MR) is 153 cm³/mol. The maximum Gasteiger partial charge on any atom is 0.416 e. The average molecular weight is 617 g/mol. The van der Waals surface area contributed by atoms with Gasteiger partial charge in [0.25, 0.3) is 0 Å². The Balaban J connectivity index is 1.28. The molecule has 43 heavy (non-hydrogen) atoms. The highest BCUT2D eigenvalue weighted by Crippen LogP contribution is 2.50. The SMILES string of the molecule is C[C@]12c3[nH]c4ccc(Cl)cc4c3CCN1C(=O)[C@@H](CC(=O)NCc1cccc(C(F)(F)F)c1)C[C@@H]2C(=O)N1CCOCC1. The molecule has 4 heterocycles. The first-order chi connectivity index (χ1) is 20.5. The summed E-state index contributed by atoms with van der Waals surface area (Å²) in [7, 11) is 0. The van der Waals surface area contributed by atoms with Gasteiger partial charge < -0.3 is 24.8 Å². The van der Waals surface area contributed by atoms with Crippen LogP contribution in [0.15, 0.2) is 42.5 Å². The minimum atomic E-state index is -4.49. The fourth-order valence-electron chi connectivity index (χ4n) is 6.91. The standard InChI is InChI=1S/C31H32ClF3N4O4/c1-30-24(29(42)38-9-11-43-12-10-38)14-19(15-26(40)36-17-18-3-2-4-20(13-18)31(33,34)35)28(41)39(30)8-7-22-23-16-21(32)5-6-25(23)37-27(22)30/h2-6,13,16,19,24,37H,7-12,14-15,17H2,1H3,(H,36,40)/t19-,24-,30+/m1/s1. The molecule has 2 saturated heterocycles. The number of aromatic amines is 1. The van der Waals surface area contributed by atoms with Crippen molar-refractivity contribution in [1.29, 1.82) is 0 Å². The van der Waals surface area contributed by atoms with Crippen LogP contribution in [0.5, 0.6) is 0 Å². The Kier molecular flexibility index (Phi) is 7.66. The van der Waals surface area contributed by atoms with Crippen molar-refractivity contribution in [3.05, 3.63) is 69.9 Å². The van der Waals surface area contributed by atoms with Gasteiger partial charge in [0.1, 0.15) is 0 Å². The molecule has 2 aromatic carbocycles. The van der Waals surface area contributed by atoms with Crippen molar-refractivity contribution in [2.75, 3.05) is 32.8 Å². The van der Waals surface area contributed by atoms with Crippen LogP contribution in [0.3, 0.4) is 0 Å². The molecule has 0 saturated carbocycles. The average Bonchev–Trinajstić information content (AvgIpc) is 3.36. The minimum absolute atomic E-state index is 0.0952. The predicted octanol–water partition coefficient (Wildman–Crippen LogP) is 4.64. The summed E-state index contributed by atoms with van der Waals surface area (Å²) in [6.07, 6.45) is -3.94. The number of ether oxygens (including phenoxy) is 1. The summed E-state index contributed by atoms with van der Waals surface area (Å²) in [5.74, 6) is -2.17. The lowest BCUT2D eigenvalue weighted by Crippen LogP contribution is -2.65. The molecule has 1 aromatic heterocycles. The molecule has 3 amide bonds. The van der Waals surface area contributed by atoms with Gasteiger partial charge in [-0.25, -0.2) is 0 Å². The van der Waals surface area contributed by atoms with Gasteiger partial charge in [0.2, 0.25) is 17.7 Å². The molecule has 2 fully saturated rings. The number of morpholine rings is 1. The van der Waals surface area contributed by atoms with E-state index in [0.717, 1.165) is 34.3 Å². The van der Waals surface area contributed by atoms with Gasteiger partial charge in [-0.3, -0.25) is 14.4 Å². The van der Waals surface area contributed by atoms with Crippen molar-refractivity contribution in [1.82, 2.24) is 20.1 Å². The molecule has 12 heteroatoms. The maximum atomic E-state index is 14.2. The smallest absolute Gasteiger partial charge is 0.378 e. The first-order valence-electron chi connectivity index (χ1n) is 14.4. The van der Waals surface area contributed by atoms with E-state index in [4.69, 9.17) is 16.3 Å². The van der Waals surface area contributed by atoms with E-state index in [2.05, 4.69) is 10.3 Å². The molecule has 0 spiro atoms. The minimum Gasteiger partial charge on any atom is -0.378 e. The van der Waals surface area contributed by atoms with E-state index >= 15 is 0 Å². The Hall–Kier alpha value is -3.57. The van der Waals surface area contributed by atoms with Crippen LogP contribution in [0, 0.1) is 11.8 Å². The summed E-state index contributed by atoms with van der Waals surface area (Å²) < 4.78 is 44.8. The Bertz CT molecular complexity index is 1580. The van der Waals surface area contributed by atoms with Gasteiger partial charge in [0.05, 0.1) is 30.2 Å². The zero-order chi connectivity index (χ0) is 30.5. The van der Waals surface area contributed by atoms with Crippen LogP contribution in [0.25, 0.3) is 10.9 Å². The Labute approximate surface area is 251 Å². The van der Waals surface area contributed by atoms with E-state index in [9.17, 15) is 27.6 Å². The summed E-state index contributed by atoms with van der Waals surface area (Å²) in [5.41, 5.74) is 1.24. The first kappa shape index (κ1) is 29.5. The van der Waals surface area contributed by atoms with Gasteiger partial charge in [-0.15, -0.1) is 0 Å². The molecule has 0 bridgehead atoms. The van der Waals surface area contributed by atoms with Crippen molar-refractivity contribution in [2.45, 2.75) is 44.4 Å². The van der Waals surface area contributed by atoms with Gasteiger partial charge in [-0.1, -0.05) is 23.7 Å². The number of fused-ring (bicyclic) bond motifs is 5. The number of halogens is 4. The third kappa shape index (κ3) is 5.37. The normalized spacial score (nSPS) is 24.1. The lowest BCUT2D eigenvalue weighted by molar-refractivity contribution is -0.166. The number of amides is 3. The number of hydrogen-bond donors (Lipinski definition) is 2. The maximum absolute atomic E-state index is 14.2. The Morgan fingerprint density at radius 3 is 2.65 bits per heavy atom. The second-order valence-corrected chi connectivity index (χ2v) is 12.1. The number of alkyl halides is 3. The number of carbonyl (C=O) groups excluding carboxylic acids is 3. The van der Waals surface area contributed by atoms with E-state index in [0.29, 0.717) is 49.9 Å². The highest BCUT2D eigenvalue weighted by Gasteiger charge is 2.57. The largest absolute Gasteiger partial charge is 0.416 e. The van der Waals surface area contributed by atoms with Crippen LogP contribution in [-0.4, -0.2) is 65.4 Å². The zero-order valence-electron chi connectivity index (χ0n) is 23.6. The van der Waals surface area contributed by atoms with E-state index in [1.807, 2.05) is 19.1 Å². The molecule has 6 rings (SSSR count). The van der Waals surface area contributed by atoms with Crippen LogP contribution in [0.1, 0.15) is 42.1 Å². The molecule has 0 unspecified atom stereocenters. The van der Waals surface area contributed by atoms with Crippen LogP contribution in [0.2, 0.25) is 5.02 Å². The number of nitrogens with zero attached hydrogens (tertiary/aromatic N) is 2. The molecule has 2 N–H and O–H groups in total. The molecule has 0 radical (unpaired) electrons. The fourth-order valence-corrected chi connectivity index (χ4v) is 7.08. The number of H-pyrrole nitrogens is 1. The number of aromatic nitrogens is 1. The summed E-state index contributed by atoms with van der Waals surface area (Å²) >= 11 is 6.32. The monoisotopic (exact) mass is 616 g/mol. The number of benzene rings is 2. The summed E-state index contributed by atoms with van der Waals surface area (Å²) in [4.78, 5) is 48.2. The second kappa shape index (κ2) is 11.2. The van der Waals surface area contributed by atoms with Gasteiger partial charge in [-0.2, -0.15) is 13.2 Å². The lowest BCUT2D eigenvalue weighted by atomic mass is 9.67. The number of nitrogens with one attached hydrogen (secondary N) is 2. The molecule has 228 valence electrons. The molecular weight excluding hydrogens is 585 g/mol. The second-order valence-electron chi connectivity index (χ2n) is 11.7. The number of carbonyl (C=O) groups is 3. The third-order valence-electron chi connectivity index (χ3n) is 9.13. The van der Waals surface area contributed by atoms with Crippen molar-refractivity contribution in [2.24, 2.45) is 11.8 Å². The van der Waals surface area contributed by atoms with Crippen molar-refractivity contribution in [3.8, 4) is 0 Å². The molecule has 3 aromatic rings. The number of piperidine rings is 1. The Morgan fingerprint density at radius 2 is 1.91 bits per heavy atom. The Morgan fingerprint density at radius 1 is 1.14 bits per heavy atom. The quantitative estimate of drug-likeness (QED) is 0.437. The molecule has 0 aliphatic carbocycles. The topological polar surface area (TPSA) is 94.7 Å². The highest BCUT2D eigenvalue weighted by atomic mass is 35.5. The summed E-state index contributed by atoms with van der Waals surface area (Å²) in [5, 5.41) is 4.22. The van der Waals surface area contributed by atoms with Crippen molar-refractivity contribution < 1.29 is 32.3 Å². The third-order valence-corrected chi connectivity index (χ3v) is 9.37. The van der Waals surface area contributed by atoms with Gasteiger partial charge in [0.15, 0.2) is 0 Å². The molecule has 3 atom stereocenters. The van der Waals surface area contributed by atoms with Crippen LogP contribution in [-0.2, 0) is 43.8 Å². The zero-order valence-corrected chi connectivity index (χ0v) is 24.4. The molecule has 3 aliphatic heterocycles. The van der Waals surface area contributed by atoms with Crippen LogP contribution < -0.4 is 5.32 Å². The van der Waals surface area contributed by atoms with E-state index in [1.165, 1.54) is 12.1 Å². The van der Waals surface area contributed by atoms with E-state index in [1.54, 1.807) is 15.9 Å². The molecular formula is C31H32ClF3N4O4. The van der Waals surface area contributed by atoms with Gasteiger partial charge in [0, 0.05) is 60.1 Å². The highest BCUT2D eigenvalue weighted by molar-refractivity contribution is 6.31. The van der Waals surface area contributed by atoms with Crippen molar-refractivity contribution in [3.63, 3.8) is 0 Å².